The fourth-order valence-electron chi connectivity index (χ4n) is 4.33. The highest BCUT2D eigenvalue weighted by Crippen LogP contribution is 2.30. The van der Waals surface area contributed by atoms with Crippen LogP contribution in [0.2, 0.25) is 0 Å². The molecule has 0 radical (unpaired) electrons. The van der Waals surface area contributed by atoms with Crippen molar-refractivity contribution in [2.45, 2.75) is 59.0 Å². The number of ether oxygens (including phenoxy) is 1. The van der Waals surface area contributed by atoms with E-state index in [1.54, 1.807) is 0 Å². The molecule has 0 spiro atoms. The Bertz CT molecular complexity index is 933. The molecule has 3 aromatic rings. The van der Waals surface area contributed by atoms with E-state index in [-0.39, 0.29) is 6.10 Å². The van der Waals surface area contributed by atoms with E-state index in [1.807, 2.05) is 0 Å². The minimum atomic E-state index is 0.195. The van der Waals surface area contributed by atoms with Crippen LogP contribution in [0, 0.1) is 6.92 Å². The van der Waals surface area contributed by atoms with Crippen LogP contribution >= 0.6 is 0 Å². The second kappa shape index (κ2) is 9.04. The first-order chi connectivity index (χ1) is 14.1. The van der Waals surface area contributed by atoms with Crippen LogP contribution in [0.1, 0.15) is 55.6 Å². The van der Waals surface area contributed by atoms with Crippen molar-refractivity contribution in [1.82, 2.24) is 4.90 Å². The minimum absolute atomic E-state index is 0.195. The van der Waals surface area contributed by atoms with Gasteiger partial charge in [-0.2, -0.15) is 0 Å². The van der Waals surface area contributed by atoms with Gasteiger partial charge in [0.15, 0.2) is 0 Å². The van der Waals surface area contributed by atoms with Crippen molar-refractivity contribution in [3.8, 4) is 5.75 Å². The molecule has 0 aliphatic carbocycles. The Kier molecular flexibility index (Phi) is 6.25. The number of fused-ring (bicyclic) bond motifs is 1. The minimum Gasteiger partial charge on any atom is -0.491 e. The third-order valence-corrected chi connectivity index (χ3v) is 5.82. The smallest absolute Gasteiger partial charge is 0.134 e. The predicted molar refractivity (Wildman–Crippen MR) is 120 cm³/mol. The number of rotatable bonds is 7. The predicted octanol–water partition coefficient (Wildman–Crippen LogP) is 6.15. The maximum absolute atomic E-state index is 6.34. The molecule has 1 aliphatic heterocycles. The van der Waals surface area contributed by atoms with Gasteiger partial charge >= 0.3 is 0 Å². The fourth-order valence-corrected chi connectivity index (χ4v) is 4.33. The van der Waals surface area contributed by atoms with Crippen molar-refractivity contribution in [3.63, 3.8) is 0 Å². The number of aryl methyl sites for hydroxylation is 1. The van der Waals surface area contributed by atoms with Crippen molar-refractivity contribution in [2.75, 3.05) is 19.6 Å². The summed E-state index contributed by atoms with van der Waals surface area (Å²) in [5.74, 6) is 2.04. The van der Waals surface area contributed by atoms with Gasteiger partial charge in [0.05, 0.1) is 6.10 Å². The molecule has 1 aliphatic rings. The second-order valence-electron chi connectivity index (χ2n) is 8.64. The zero-order valence-corrected chi connectivity index (χ0v) is 18.0. The molecule has 0 atom stereocenters. The molecule has 2 aromatic carbocycles. The summed E-state index contributed by atoms with van der Waals surface area (Å²) in [5.41, 5.74) is 4.95. The van der Waals surface area contributed by atoms with Crippen LogP contribution in [-0.2, 0) is 12.8 Å². The van der Waals surface area contributed by atoms with Gasteiger partial charge in [0, 0.05) is 23.9 Å². The van der Waals surface area contributed by atoms with E-state index in [9.17, 15) is 0 Å². The van der Waals surface area contributed by atoms with Gasteiger partial charge in [-0.05, 0) is 83.0 Å². The van der Waals surface area contributed by atoms with Gasteiger partial charge in [-0.15, -0.1) is 0 Å². The van der Waals surface area contributed by atoms with E-state index >= 15 is 0 Å². The van der Waals surface area contributed by atoms with Gasteiger partial charge in [0.2, 0.25) is 0 Å². The van der Waals surface area contributed by atoms with Crippen LogP contribution < -0.4 is 4.74 Å². The van der Waals surface area contributed by atoms with Crippen molar-refractivity contribution >= 4 is 11.0 Å². The summed E-state index contributed by atoms with van der Waals surface area (Å²) < 4.78 is 12.1. The quantitative estimate of drug-likeness (QED) is 0.483. The van der Waals surface area contributed by atoms with Crippen molar-refractivity contribution < 1.29 is 9.15 Å². The number of hydrogen-bond donors (Lipinski definition) is 0. The number of nitrogens with zero attached hydrogens (tertiary/aromatic N) is 1. The lowest BCUT2D eigenvalue weighted by atomic mass is 10.0. The first-order valence-corrected chi connectivity index (χ1v) is 11.1. The van der Waals surface area contributed by atoms with Crippen molar-refractivity contribution in [3.05, 3.63) is 64.9 Å². The Morgan fingerprint density at radius 2 is 1.76 bits per heavy atom. The summed E-state index contributed by atoms with van der Waals surface area (Å²) in [5, 5.41) is 1.29. The lowest BCUT2D eigenvalue weighted by molar-refractivity contribution is 0.231. The number of likely N-dealkylation sites (tertiary alicyclic amines) is 1. The van der Waals surface area contributed by atoms with E-state index in [2.05, 4.69) is 68.1 Å². The van der Waals surface area contributed by atoms with Crippen LogP contribution in [0.3, 0.4) is 0 Å². The number of hydrogen-bond acceptors (Lipinski definition) is 3. The average molecular weight is 392 g/mol. The lowest BCUT2D eigenvalue weighted by Crippen LogP contribution is -2.31. The van der Waals surface area contributed by atoms with E-state index in [0.29, 0.717) is 0 Å². The van der Waals surface area contributed by atoms with E-state index in [4.69, 9.17) is 9.15 Å². The largest absolute Gasteiger partial charge is 0.491 e. The van der Waals surface area contributed by atoms with Crippen molar-refractivity contribution in [2.24, 2.45) is 0 Å². The Labute approximate surface area is 174 Å². The van der Waals surface area contributed by atoms with E-state index < -0.39 is 0 Å². The molecule has 0 N–H and O–H groups in total. The molecule has 0 bridgehead atoms. The van der Waals surface area contributed by atoms with Crippen LogP contribution in [0.25, 0.3) is 11.0 Å². The van der Waals surface area contributed by atoms with Crippen LogP contribution in [0.15, 0.2) is 46.9 Å². The van der Waals surface area contributed by atoms with E-state index in [0.717, 1.165) is 36.5 Å². The Balaban J connectivity index is 1.57. The average Bonchev–Trinajstić information content (AvgIpc) is 3.04. The summed E-state index contributed by atoms with van der Waals surface area (Å²) in [6.07, 6.45) is 6.13. The standard InChI is InChI=1S/C26H33NO2/c1-19(2)28-22-10-8-21(9-11-22)18-26-23(13-16-27-14-5-4-6-15-27)24-17-20(3)7-12-25(24)29-26/h7-12,17,19H,4-6,13-16,18H2,1-3H3. The molecule has 0 saturated carbocycles. The van der Waals surface area contributed by atoms with Gasteiger partial charge in [0.25, 0.3) is 0 Å². The molecule has 3 heteroatoms. The number of piperidine rings is 1. The molecule has 0 amide bonds. The maximum atomic E-state index is 6.34. The summed E-state index contributed by atoms with van der Waals surface area (Å²) in [7, 11) is 0. The second-order valence-corrected chi connectivity index (χ2v) is 8.64. The highest BCUT2D eigenvalue weighted by molar-refractivity contribution is 5.83. The Morgan fingerprint density at radius 3 is 2.48 bits per heavy atom. The Morgan fingerprint density at radius 1 is 1.00 bits per heavy atom. The molecular weight excluding hydrogens is 358 g/mol. The molecule has 4 rings (SSSR count). The topological polar surface area (TPSA) is 25.6 Å². The van der Waals surface area contributed by atoms with Gasteiger partial charge in [-0.3, -0.25) is 0 Å². The zero-order chi connectivity index (χ0) is 20.2. The Hall–Kier alpha value is -2.26. The molecule has 3 nitrogen and oxygen atoms in total. The lowest BCUT2D eigenvalue weighted by Gasteiger charge is -2.26. The number of benzene rings is 2. The number of furan rings is 1. The highest BCUT2D eigenvalue weighted by atomic mass is 16.5. The molecule has 1 fully saturated rings. The SMILES string of the molecule is Cc1ccc2oc(Cc3ccc(OC(C)C)cc3)c(CCN3CCCCC3)c2c1. The van der Waals surface area contributed by atoms with Crippen LogP contribution in [-0.4, -0.2) is 30.6 Å². The van der Waals surface area contributed by atoms with Gasteiger partial charge in [-0.1, -0.05) is 30.2 Å². The summed E-state index contributed by atoms with van der Waals surface area (Å²) in [6.45, 7) is 9.87. The van der Waals surface area contributed by atoms with Crippen molar-refractivity contribution in [1.29, 1.82) is 0 Å². The third-order valence-electron chi connectivity index (χ3n) is 5.82. The van der Waals surface area contributed by atoms with Crippen LogP contribution in [0.4, 0.5) is 0 Å². The first kappa shape index (κ1) is 20.0. The van der Waals surface area contributed by atoms with E-state index in [1.165, 1.54) is 54.4 Å². The summed E-state index contributed by atoms with van der Waals surface area (Å²) in [6, 6.07) is 15.0. The highest BCUT2D eigenvalue weighted by Gasteiger charge is 2.17. The normalized spacial score (nSPS) is 15.3. The molecular formula is C26H33NO2. The van der Waals surface area contributed by atoms with Gasteiger partial charge in [0.1, 0.15) is 17.1 Å². The zero-order valence-electron chi connectivity index (χ0n) is 18.0. The molecule has 1 aromatic heterocycles. The van der Waals surface area contributed by atoms with Gasteiger partial charge in [-0.25, -0.2) is 0 Å². The molecule has 0 unspecified atom stereocenters. The fraction of sp³-hybridized carbons (Fsp3) is 0.462. The third kappa shape index (κ3) is 5.02. The monoisotopic (exact) mass is 391 g/mol. The summed E-state index contributed by atoms with van der Waals surface area (Å²) >= 11 is 0. The maximum Gasteiger partial charge on any atom is 0.134 e. The molecule has 2 heterocycles. The van der Waals surface area contributed by atoms with Crippen LogP contribution in [0.5, 0.6) is 5.75 Å². The molecule has 154 valence electrons. The first-order valence-electron chi connectivity index (χ1n) is 11.1. The molecule has 1 saturated heterocycles. The van der Waals surface area contributed by atoms with Gasteiger partial charge < -0.3 is 14.1 Å². The summed E-state index contributed by atoms with van der Waals surface area (Å²) in [4.78, 5) is 2.61. The molecule has 29 heavy (non-hydrogen) atoms.